The van der Waals surface area contributed by atoms with Gasteiger partial charge in [0.1, 0.15) is 22.3 Å². The first-order valence-corrected chi connectivity index (χ1v) is 17.7. The lowest BCUT2D eigenvalue weighted by Crippen LogP contribution is -1.94. The van der Waals surface area contributed by atoms with Gasteiger partial charge in [0.05, 0.1) is 22.1 Å². The van der Waals surface area contributed by atoms with Crippen LogP contribution in [0.5, 0.6) is 0 Å². The zero-order valence-corrected chi connectivity index (χ0v) is 27.9. The fourth-order valence-electron chi connectivity index (χ4n) is 8.75. The van der Waals surface area contributed by atoms with Crippen LogP contribution in [0.25, 0.3) is 110 Å². The van der Waals surface area contributed by atoms with Crippen LogP contribution in [0, 0.1) is 0 Å². The van der Waals surface area contributed by atoms with Gasteiger partial charge in [0.15, 0.2) is 0 Å². The quantitative estimate of drug-likeness (QED) is 0.188. The normalized spacial score (nSPS) is 12.2. The van der Waals surface area contributed by atoms with Crippen molar-refractivity contribution in [3.05, 3.63) is 170 Å². The van der Waals surface area contributed by atoms with E-state index in [1.54, 1.807) is 0 Å². The van der Waals surface area contributed by atoms with Gasteiger partial charge in [0.2, 0.25) is 0 Å². The van der Waals surface area contributed by atoms with E-state index in [0.29, 0.717) is 0 Å². The Labute approximate surface area is 296 Å². The number of hydrogen-bond donors (Lipinski definition) is 0. The van der Waals surface area contributed by atoms with E-state index >= 15 is 0 Å². The lowest BCUT2D eigenvalue weighted by molar-refractivity contribution is 0.668. The van der Waals surface area contributed by atoms with Gasteiger partial charge in [-0.1, -0.05) is 97.1 Å². The first kappa shape index (κ1) is 27.7. The van der Waals surface area contributed by atoms with E-state index in [2.05, 4.69) is 155 Å². The molecule has 0 radical (unpaired) electrons. The van der Waals surface area contributed by atoms with E-state index in [1.807, 2.05) is 24.3 Å². The molecule has 0 aliphatic rings. The second-order valence-corrected chi connectivity index (χ2v) is 13.7. The van der Waals surface area contributed by atoms with Gasteiger partial charge < -0.3 is 18.0 Å². The number of nitrogens with zero attached hydrogens (tertiary/aromatic N) is 2. The minimum Gasteiger partial charge on any atom is -0.456 e. The number of fused-ring (bicyclic) bond motifs is 12. The van der Waals surface area contributed by atoms with Gasteiger partial charge >= 0.3 is 0 Å². The molecule has 0 amide bonds. The Morgan fingerprint density at radius 1 is 0.288 bits per heavy atom. The standard InChI is InChI=1S/C48H28N2O2/c1-5-17-39-35(13-1)47-33(15-9-19-41(47)49(39)29-23-25-45-37(27-29)31-11-3-7-21-43(31)51-45)34-16-10-20-42-48(34)36-14-2-6-18-40(36)50(42)30-24-26-46-38(28-30)32-12-4-8-22-44(32)52-46/h1-28H. The monoisotopic (exact) mass is 664 g/mol. The average Bonchev–Trinajstić information content (AvgIpc) is 3.95. The Bertz CT molecular complexity index is 3190. The lowest BCUT2D eigenvalue weighted by Gasteiger charge is -2.11. The summed E-state index contributed by atoms with van der Waals surface area (Å²) in [5.74, 6) is 0. The highest BCUT2D eigenvalue weighted by molar-refractivity contribution is 6.22. The summed E-state index contributed by atoms with van der Waals surface area (Å²) in [4.78, 5) is 0. The third-order valence-corrected chi connectivity index (χ3v) is 10.9. The summed E-state index contributed by atoms with van der Waals surface area (Å²) in [6, 6.07) is 60.7. The fraction of sp³-hybridized carbons (Fsp3) is 0. The van der Waals surface area contributed by atoms with Crippen molar-refractivity contribution >= 4 is 87.5 Å². The summed E-state index contributed by atoms with van der Waals surface area (Å²) < 4.78 is 17.2. The first-order chi connectivity index (χ1) is 25.8. The van der Waals surface area contributed by atoms with Crippen LogP contribution in [-0.4, -0.2) is 9.13 Å². The summed E-state index contributed by atoms with van der Waals surface area (Å²) in [6.45, 7) is 0. The molecule has 8 aromatic carbocycles. The number of aromatic nitrogens is 2. The van der Waals surface area contributed by atoms with Crippen molar-refractivity contribution in [3.63, 3.8) is 0 Å². The molecule has 4 aromatic heterocycles. The summed E-state index contributed by atoms with van der Waals surface area (Å²) in [5, 5.41) is 9.43. The van der Waals surface area contributed by atoms with Crippen molar-refractivity contribution in [2.75, 3.05) is 0 Å². The van der Waals surface area contributed by atoms with Gasteiger partial charge in [0, 0.05) is 54.5 Å². The SMILES string of the molecule is c1ccc2c(c1)oc1ccc(-n3c4ccccc4c4c(-c5cccc6c5c5ccccc5n6-c5ccc6oc7ccccc7c6c5)cccc43)cc12. The molecule has 0 spiro atoms. The third kappa shape index (κ3) is 3.70. The molecule has 12 aromatic rings. The van der Waals surface area contributed by atoms with Crippen LogP contribution in [0.1, 0.15) is 0 Å². The molecule has 0 aliphatic heterocycles. The van der Waals surface area contributed by atoms with Crippen molar-refractivity contribution in [1.82, 2.24) is 9.13 Å². The molecule has 4 nitrogen and oxygen atoms in total. The van der Waals surface area contributed by atoms with E-state index < -0.39 is 0 Å². The molecular weight excluding hydrogens is 637 g/mol. The Balaban J connectivity index is 1.14. The van der Waals surface area contributed by atoms with E-state index in [-0.39, 0.29) is 0 Å². The number of rotatable bonds is 3. The van der Waals surface area contributed by atoms with Crippen molar-refractivity contribution in [1.29, 1.82) is 0 Å². The van der Waals surface area contributed by atoms with E-state index in [9.17, 15) is 0 Å². The van der Waals surface area contributed by atoms with Crippen LogP contribution in [0.4, 0.5) is 0 Å². The van der Waals surface area contributed by atoms with Gasteiger partial charge in [-0.25, -0.2) is 0 Å². The maximum atomic E-state index is 6.21. The Morgan fingerprint density at radius 2 is 0.673 bits per heavy atom. The van der Waals surface area contributed by atoms with Gasteiger partial charge in [-0.05, 0) is 83.9 Å². The summed E-state index contributed by atoms with van der Waals surface area (Å²) in [6.07, 6.45) is 0. The van der Waals surface area contributed by atoms with Gasteiger partial charge in [-0.3, -0.25) is 0 Å². The molecule has 242 valence electrons. The number of para-hydroxylation sites is 4. The van der Waals surface area contributed by atoms with E-state index in [0.717, 1.165) is 55.3 Å². The molecule has 0 aliphatic carbocycles. The van der Waals surface area contributed by atoms with Crippen molar-refractivity contribution in [2.24, 2.45) is 0 Å². The Kier molecular flexibility index (Phi) is 5.47. The topological polar surface area (TPSA) is 36.1 Å². The second kappa shape index (κ2) is 10.3. The van der Waals surface area contributed by atoms with Crippen molar-refractivity contribution in [2.45, 2.75) is 0 Å². The van der Waals surface area contributed by atoms with Crippen LogP contribution in [0.15, 0.2) is 179 Å². The highest BCUT2D eigenvalue weighted by Gasteiger charge is 2.21. The number of furan rings is 2. The molecule has 0 saturated carbocycles. The van der Waals surface area contributed by atoms with Gasteiger partial charge in [-0.15, -0.1) is 0 Å². The molecule has 0 N–H and O–H groups in total. The van der Waals surface area contributed by atoms with E-state index in [4.69, 9.17) is 8.83 Å². The molecule has 0 bridgehead atoms. The molecule has 52 heavy (non-hydrogen) atoms. The highest BCUT2D eigenvalue weighted by Crippen LogP contribution is 2.44. The Morgan fingerprint density at radius 3 is 1.15 bits per heavy atom. The zero-order valence-electron chi connectivity index (χ0n) is 27.9. The minimum atomic E-state index is 0.898. The molecule has 4 heteroatoms. The van der Waals surface area contributed by atoms with Crippen molar-refractivity contribution in [3.8, 4) is 22.5 Å². The molecular formula is C48H28N2O2. The van der Waals surface area contributed by atoms with E-state index in [1.165, 1.54) is 54.7 Å². The minimum absolute atomic E-state index is 0.898. The maximum Gasteiger partial charge on any atom is 0.135 e. The first-order valence-electron chi connectivity index (χ1n) is 17.7. The van der Waals surface area contributed by atoms with Crippen LogP contribution in [0.2, 0.25) is 0 Å². The molecule has 0 atom stereocenters. The predicted molar refractivity (Wildman–Crippen MR) is 215 cm³/mol. The van der Waals surface area contributed by atoms with Crippen LogP contribution >= 0.6 is 0 Å². The smallest absolute Gasteiger partial charge is 0.135 e. The number of hydrogen-bond acceptors (Lipinski definition) is 2. The van der Waals surface area contributed by atoms with Gasteiger partial charge in [0.25, 0.3) is 0 Å². The van der Waals surface area contributed by atoms with Crippen molar-refractivity contribution < 1.29 is 8.83 Å². The van der Waals surface area contributed by atoms with Gasteiger partial charge in [-0.2, -0.15) is 0 Å². The molecule has 0 saturated heterocycles. The predicted octanol–water partition coefficient (Wildman–Crippen LogP) is 13.3. The largest absolute Gasteiger partial charge is 0.456 e. The summed E-state index contributed by atoms with van der Waals surface area (Å²) in [7, 11) is 0. The molecule has 0 fully saturated rings. The average molecular weight is 665 g/mol. The second-order valence-electron chi connectivity index (χ2n) is 13.7. The van der Waals surface area contributed by atoms with Crippen LogP contribution in [0.3, 0.4) is 0 Å². The maximum absolute atomic E-state index is 6.21. The Hall–Kier alpha value is -7.04. The lowest BCUT2D eigenvalue weighted by atomic mass is 9.95. The highest BCUT2D eigenvalue weighted by atomic mass is 16.3. The fourth-order valence-corrected chi connectivity index (χ4v) is 8.75. The summed E-state index contributed by atoms with van der Waals surface area (Å²) >= 11 is 0. The number of benzene rings is 8. The molecule has 0 unspecified atom stereocenters. The van der Waals surface area contributed by atoms with Crippen LogP contribution in [-0.2, 0) is 0 Å². The zero-order chi connectivity index (χ0) is 33.9. The third-order valence-electron chi connectivity index (χ3n) is 10.9. The molecule has 4 heterocycles. The molecule has 12 rings (SSSR count). The van der Waals surface area contributed by atoms with Crippen LogP contribution < -0.4 is 0 Å². The summed E-state index contributed by atoms with van der Waals surface area (Å²) in [5.41, 5.74) is 12.9.